The van der Waals surface area contributed by atoms with Crippen molar-refractivity contribution in [2.75, 3.05) is 26.2 Å². The number of nitrogens with one attached hydrogen (secondary N) is 1. The largest absolute Gasteiger partial charge is 0.388 e. The van der Waals surface area contributed by atoms with E-state index in [9.17, 15) is 5.11 Å². The van der Waals surface area contributed by atoms with Crippen LogP contribution in [0.4, 0.5) is 0 Å². The van der Waals surface area contributed by atoms with E-state index in [1.807, 2.05) is 6.92 Å². The molecule has 0 bridgehead atoms. The quantitative estimate of drug-likeness (QED) is 0.806. The molecule has 19 heavy (non-hydrogen) atoms. The average Bonchev–Trinajstić information content (AvgIpc) is 2.25. The van der Waals surface area contributed by atoms with Gasteiger partial charge in [-0.3, -0.25) is 0 Å². The van der Waals surface area contributed by atoms with Gasteiger partial charge in [0.25, 0.3) is 0 Å². The van der Waals surface area contributed by atoms with Crippen LogP contribution in [0.1, 0.15) is 54.4 Å². The van der Waals surface area contributed by atoms with Crippen molar-refractivity contribution in [1.82, 2.24) is 10.2 Å². The molecule has 1 atom stereocenters. The number of piperidine rings is 1. The van der Waals surface area contributed by atoms with Gasteiger partial charge in [-0.25, -0.2) is 0 Å². The summed E-state index contributed by atoms with van der Waals surface area (Å²) in [6, 6.07) is 0.429. The molecule has 0 aromatic carbocycles. The maximum atomic E-state index is 10.4. The van der Waals surface area contributed by atoms with Crippen LogP contribution in [0.25, 0.3) is 0 Å². The first kappa shape index (κ1) is 16.9. The van der Waals surface area contributed by atoms with Crippen molar-refractivity contribution in [2.45, 2.75) is 66.0 Å². The van der Waals surface area contributed by atoms with Crippen molar-refractivity contribution < 1.29 is 5.11 Å². The van der Waals surface area contributed by atoms with Gasteiger partial charge in [-0.05, 0) is 44.2 Å². The van der Waals surface area contributed by atoms with E-state index in [2.05, 4.69) is 44.8 Å². The zero-order chi connectivity index (χ0) is 14.7. The summed E-state index contributed by atoms with van der Waals surface area (Å²) >= 11 is 0. The molecular formula is C16H34N2O. The monoisotopic (exact) mass is 270 g/mol. The first-order chi connectivity index (χ1) is 8.60. The number of nitrogens with zero attached hydrogens (tertiary/aromatic N) is 1. The average molecular weight is 270 g/mol. The minimum absolute atomic E-state index is 0.424. The van der Waals surface area contributed by atoms with Gasteiger partial charge >= 0.3 is 0 Å². The Morgan fingerprint density at radius 2 is 1.68 bits per heavy atom. The summed E-state index contributed by atoms with van der Waals surface area (Å²) in [7, 11) is 0. The Labute approximate surface area is 119 Å². The molecule has 1 saturated heterocycles. The summed E-state index contributed by atoms with van der Waals surface area (Å²) in [5.74, 6) is 0.822. The van der Waals surface area contributed by atoms with Gasteiger partial charge in [-0.1, -0.05) is 34.6 Å². The van der Waals surface area contributed by atoms with Gasteiger partial charge in [0.1, 0.15) is 0 Å². The molecule has 0 saturated carbocycles. The molecule has 0 aromatic rings. The van der Waals surface area contributed by atoms with Gasteiger partial charge in [0, 0.05) is 19.1 Å². The fraction of sp³-hybridized carbons (Fsp3) is 1.00. The molecule has 1 unspecified atom stereocenters. The van der Waals surface area contributed by atoms with Crippen molar-refractivity contribution in [3.8, 4) is 0 Å². The molecule has 0 amide bonds. The summed E-state index contributed by atoms with van der Waals surface area (Å²) in [5, 5.41) is 13.8. The molecule has 3 nitrogen and oxygen atoms in total. The smallest absolute Gasteiger partial charge is 0.0869 e. The fourth-order valence-electron chi connectivity index (χ4n) is 2.92. The van der Waals surface area contributed by atoms with Crippen LogP contribution in [0.3, 0.4) is 0 Å². The zero-order valence-electron chi connectivity index (χ0n) is 13.8. The SMILES string of the molecule is CC(C)NCC(C)(O)CN1CCC(C(C)(C)C)CC1. The Bertz CT molecular complexity index is 260. The minimum atomic E-state index is -0.626. The normalized spacial score (nSPS) is 22.7. The molecule has 3 heteroatoms. The Morgan fingerprint density at radius 3 is 2.11 bits per heavy atom. The van der Waals surface area contributed by atoms with Crippen LogP contribution in [-0.2, 0) is 0 Å². The van der Waals surface area contributed by atoms with Crippen LogP contribution >= 0.6 is 0 Å². The molecule has 2 N–H and O–H groups in total. The fourth-order valence-corrected chi connectivity index (χ4v) is 2.92. The van der Waals surface area contributed by atoms with E-state index in [4.69, 9.17) is 0 Å². The van der Waals surface area contributed by atoms with Crippen LogP contribution < -0.4 is 5.32 Å². The number of aliphatic hydroxyl groups is 1. The Kier molecular flexibility index (Phi) is 5.84. The van der Waals surface area contributed by atoms with E-state index in [1.54, 1.807) is 0 Å². The van der Waals surface area contributed by atoms with E-state index >= 15 is 0 Å². The Morgan fingerprint density at radius 1 is 1.16 bits per heavy atom. The van der Waals surface area contributed by atoms with Gasteiger partial charge in [0.2, 0.25) is 0 Å². The second-order valence-electron chi connectivity index (χ2n) is 7.95. The Hall–Kier alpha value is -0.120. The van der Waals surface area contributed by atoms with E-state index < -0.39 is 5.60 Å². The predicted octanol–water partition coefficient (Wildman–Crippen LogP) is 2.49. The lowest BCUT2D eigenvalue weighted by Gasteiger charge is -2.41. The van der Waals surface area contributed by atoms with Crippen molar-refractivity contribution in [3.05, 3.63) is 0 Å². The second-order valence-corrected chi connectivity index (χ2v) is 7.95. The molecule has 1 aliphatic heterocycles. The van der Waals surface area contributed by atoms with Gasteiger partial charge in [-0.15, -0.1) is 0 Å². The summed E-state index contributed by atoms with van der Waals surface area (Å²) in [6.07, 6.45) is 2.52. The predicted molar refractivity (Wildman–Crippen MR) is 82.4 cm³/mol. The first-order valence-electron chi connectivity index (χ1n) is 7.78. The van der Waals surface area contributed by atoms with E-state index in [1.165, 1.54) is 12.8 Å². The van der Waals surface area contributed by atoms with Gasteiger partial charge < -0.3 is 15.3 Å². The molecule has 1 aliphatic rings. The summed E-state index contributed by atoms with van der Waals surface area (Å²) in [4.78, 5) is 2.42. The third-order valence-corrected chi connectivity index (χ3v) is 4.27. The Balaban J connectivity index is 2.36. The first-order valence-corrected chi connectivity index (χ1v) is 7.78. The van der Waals surface area contributed by atoms with Crippen molar-refractivity contribution >= 4 is 0 Å². The molecule has 0 radical (unpaired) electrons. The molecule has 0 spiro atoms. The summed E-state index contributed by atoms with van der Waals surface area (Å²) < 4.78 is 0. The highest BCUT2D eigenvalue weighted by molar-refractivity contribution is 4.85. The topological polar surface area (TPSA) is 35.5 Å². The third-order valence-electron chi connectivity index (χ3n) is 4.27. The van der Waals surface area contributed by atoms with Gasteiger partial charge in [-0.2, -0.15) is 0 Å². The molecule has 0 aromatic heterocycles. The third kappa shape index (κ3) is 6.24. The molecule has 1 rings (SSSR count). The van der Waals surface area contributed by atoms with E-state index in [0.717, 1.165) is 25.6 Å². The number of rotatable bonds is 5. The molecule has 0 aliphatic carbocycles. The summed E-state index contributed by atoms with van der Waals surface area (Å²) in [6.45, 7) is 16.9. The highest BCUT2D eigenvalue weighted by atomic mass is 16.3. The molecule has 1 fully saturated rings. The molecule has 1 heterocycles. The highest BCUT2D eigenvalue weighted by Crippen LogP contribution is 2.34. The lowest BCUT2D eigenvalue weighted by molar-refractivity contribution is 0.00160. The number of hydrogen-bond acceptors (Lipinski definition) is 3. The van der Waals surface area contributed by atoms with Crippen LogP contribution in [0.2, 0.25) is 0 Å². The van der Waals surface area contributed by atoms with E-state index in [0.29, 0.717) is 18.0 Å². The molecule has 114 valence electrons. The lowest BCUT2D eigenvalue weighted by Crippen LogP contribution is -2.51. The van der Waals surface area contributed by atoms with Gasteiger partial charge in [0.05, 0.1) is 5.60 Å². The van der Waals surface area contributed by atoms with E-state index in [-0.39, 0.29) is 0 Å². The lowest BCUT2D eigenvalue weighted by atomic mass is 9.75. The summed E-state index contributed by atoms with van der Waals surface area (Å²) in [5.41, 5.74) is -0.202. The highest BCUT2D eigenvalue weighted by Gasteiger charge is 2.31. The van der Waals surface area contributed by atoms with Crippen LogP contribution in [0.5, 0.6) is 0 Å². The van der Waals surface area contributed by atoms with Crippen molar-refractivity contribution in [1.29, 1.82) is 0 Å². The van der Waals surface area contributed by atoms with Gasteiger partial charge in [0.15, 0.2) is 0 Å². The zero-order valence-corrected chi connectivity index (χ0v) is 13.8. The maximum absolute atomic E-state index is 10.4. The van der Waals surface area contributed by atoms with Crippen LogP contribution in [0, 0.1) is 11.3 Å². The second kappa shape index (κ2) is 6.55. The number of likely N-dealkylation sites (tertiary alicyclic amines) is 1. The minimum Gasteiger partial charge on any atom is -0.388 e. The standard InChI is InChI=1S/C16H34N2O/c1-13(2)17-11-16(6,19)12-18-9-7-14(8-10-18)15(3,4)5/h13-14,17,19H,7-12H2,1-6H3. The van der Waals surface area contributed by atoms with Crippen LogP contribution in [0.15, 0.2) is 0 Å². The molecular weight excluding hydrogens is 236 g/mol. The van der Waals surface area contributed by atoms with Crippen molar-refractivity contribution in [2.24, 2.45) is 11.3 Å². The van der Waals surface area contributed by atoms with Crippen molar-refractivity contribution in [3.63, 3.8) is 0 Å². The van der Waals surface area contributed by atoms with Crippen LogP contribution in [-0.4, -0.2) is 47.8 Å². The number of hydrogen-bond donors (Lipinski definition) is 2. The maximum Gasteiger partial charge on any atom is 0.0869 e. The number of β-amino-alcohol motifs (C(OH)–C–C–N with tert-alkyl or cyclic N) is 1.